The number of hydrogen-bond donors (Lipinski definition) is 1. The van der Waals surface area contributed by atoms with Crippen LogP contribution in [0.2, 0.25) is 0 Å². The summed E-state index contributed by atoms with van der Waals surface area (Å²) in [5.41, 5.74) is -0.0159. The van der Waals surface area contributed by atoms with E-state index in [1.54, 1.807) is 12.1 Å². The summed E-state index contributed by atoms with van der Waals surface area (Å²) in [5.74, 6) is 0.280. The van der Waals surface area contributed by atoms with Crippen molar-refractivity contribution in [3.63, 3.8) is 0 Å². The molecule has 1 aliphatic carbocycles. The molecule has 1 N–H and O–H groups in total. The van der Waals surface area contributed by atoms with E-state index in [0.29, 0.717) is 11.6 Å². The predicted molar refractivity (Wildman–Crippen MR) is 70.0 cm³/mol. The van der Waals surface area contributed by atoms with Crippen LogP contribution in [-0.2, 0) is 6.18 Å². The lowest BCUT2D eigenvalue weighted by Gasteiger charge is -2.44. The van der Waals surface area contributed by atoms with Crippen LogP contribution in [0.15, 0.2) is 24.3 Å². The second-order valence-electron chi connectivity index (χ2n) is 5.35. The van der Waals surface area contributed by atoms with Crippen molar-refractivity contribution in [2.24, 2.45) is 5.92 Å². The van der Waals surface area contributed by atoms with E-state index >= 15 is 0 Å². The minimum Gasteiger partial charge on any atom is -0.314 e. The lowest BCUT2D eigenvalue weighted by Crippen LogP contribution is -2.48. The molecule has 1 aromatic rings. The molecule has 106 valence electrons. The molecular weight excluding hydrogens is 251 g/mol. The van der Waals surface area contributed by atoms with Crippen molar-refractivity contribution >= 4 is 0 Å². The smallest absolute Gasteiger partial charge is 0.314 e. The Balaban J connectivity index is 2.13. The molecule has 0 radical (unpaired) electrons. The van der Waals surface area contributed by atoms with Crippen molar-refractivity contribution in [2.45, 2.75) is 44.8 Å². The summed E-state index contributed by atoms with van der Waals surface area (Å²) >= 11 is 0. The number of alkyl halides is 3. The molecule has 3 atom stereocenters. The summed E-state index contributed by atoms with van der Waals surface area (Å²) in [6, 6.07) is 6.33. The van der Waals surface area contributed by atoms with Crippen LogP contribution in [0.4, 0.5) is 13.2 Å². The lowest BCUT2D eigenvalue weighted by atomic mass is 9.66. The van der Waals surface area contributed by atoms with Crippen molar-refractivity contribution in [3.8, 4) is 0 Å². The molecule has 0 spiro atoms. The summed E-state index contributed by atoms with van der Waals surface area (Å²) in [6.07, 6.45) is -2.40. The molecule has 0 heterocycles. The summed E-state index contributed by atoms with van der Waals surface area (Å²) in [4.78, 5) is 0. The summed E-state index contributed by atoms with van der Waals surface area (Å²) in [7, 11) is 0. The third-order valence-corrected chi connectivity index (χ3v) is 4.10. The minimum absolute atomic E-state index is 0.0205. The molecule has 0 bridgehead atoms. The van der Waals surface area contributed by atoms with E-state index in [-0.39, 0.29) is 11.8 Å². The zero-order valence-corrected chi connectivity index (χ0v) is 11.3. The van der Waals surface area contributed by atoms with E-state index in [1.807, 2.05) is 6.92 Å². The number of rotatable bonds is 4. The van der Waals surface area contributed by atoms with Crippen LogP contribution >= 0.6 is 0 Å². The number of halogens is 3. The number of benzene rings is 1. The van der Waals surface area contributed by atoms with Gasteiger partial charge in [0.15, 0.2) is 0 Å². The first-order chi connectivity index (χ1) is 8.95. The quantitative estimate of drug-likeness (QED) is 0.865. The summed E-state index contributed by atoms with van der Waals surface area (Å²) in [6.45, 7) is 5.06. The minimum atomic E-state index is -4.25. The molecule has 2 rings (SSSR count). The van der Waals surface area contributed by atoms with E-state index in [0.717, 1.165) is 19.4 Å². The second-order valence-corrected chi connectivity index (χ2v) is 5.35. The number of nitrogens with one attached hydrogen (secondary N) is 1. The van der Waals surface area contributed by atoms with Crippen molar-refractivity contribution in [3.05, 3.63) is 35.4 Å². The average Bonchev–Trinajstić information content (AvgIpc) is 2.36. The maximum atomic E-state index is 13.0. The molecule has 19 heavy (non-hydrogen) atoms. The standard InChI is InChI=1S/C15H20F3N/c1-3-8-19-14-9-12(10(14)2)11-6-4-5-7-13(11)15(16,17)18/h4-7,10,12,14,19H,3,8-9H2,1-2H3. The second kappa shape index (κ2) is 5.53. The van der Waals surface area contributed by atoms with E-state index in [2.05, 4.69) is 12.2 Å². The average molecular weight is 271 g/mol. The fraction of sp³-hybridized carbons (Fsp3) is 0.600. The van der Waals surface area contributed by atoms with Gasteiger partial charge < -0.3 is 5.32 Å². The van der Waals surface area contributed by atoms with Gasteiger partial charge >= 0.3 is 6.18 Å². The van der Waals surface area contributed by atoms with Gasteiger partial charge in [0.2, 0.25) is 0 Å². The van der Waals surface area contributed by atoms with Gasteiger partial charge in [0.25, 0.3) is 0 Å². The van der Waals surface area contributed by atoms with E-state index in [9.17, 15) is 13.2 Å². The molecule has 1 aromatic carbocycles. The molecule has 1 fully saturated rings. The Morgan fingerprint density at radius 2 is 1.95 bits per heavy atom. The molecule has 0 aromatic heterocycles. The molecule has 3 unspecified atom stereocenters. The number of hydrogen-bond acceptors (Lipinski definition) is 1. The summed E-state index contributed by atoms with van der Waals surface area (Å²) < 4.78 is 38.9. The van der Waals surface area contributed by atoms with Crippen LogP contribution < -0.4 is 5.32 Å². The fourth-order valence-corrected chi connectivity index (χ4v) is 2.88. The zero-order valence-electron chi connectivity index (χ0n) is 11.3. The highest BCUT2D eigenvalue weighted by atomic mass is 19.4. The van der Waals surface area contributed by atoms with Gasteiger partial charge in [-0.3, -0.25) is 0 Å². The third-order valence-electron chi connectivity index (χ3n) is 4.10. The Morgan fingerprint density at radius 1 is 1.26 bits per heavy atom. The summed E-state index contributed by atoms with van der Waals surface area (Å²) in [5, 5.41) is 3.40. The monoisotopic (exact) mass is 271 g/mol. The van der Waals surface area contributed by atoms with E-state index < -0.39 is 11.7 Å². The van der Waals surface area contributed by atoms with Crippen LogP contribution in [0.3, 0.4) is 0 Å². The molecule has 1 saturated carbocycles. The van der Waals surface area contributed by atoms with Gasteiger partial charge in [-0.2, -0.15) is 13.2 Å². The highest BCUT2D eigenvalue weighted by molar-refractivity contribution is 5.35. The van der Waals surface area contributed by atoms with Crippen molar-refractivity contribution < 1.29 is 13.2 Å². The Morgan fingerprint density at radius 3 is 2.53 bits per heavy atom. The van der Waals surface area contributed by atoms with Gasteiger partial charge in [0.05, 0.1) is 5.56 Å². The topological polar surface area (TPSA) is 12.0 Å². The Labute approximate surface area is 112 Å². The Bertz CT molecular complexity index is 428. The van der Waals surface area contributed by atoms with Gasteiger partial charge in [-0.05, 0) is 42.9 Å². The normalized spacial score (nSPS) is 27.1. The van der Waals surface area contributed by atoms with Gasteiger partial charge in [-0.1, -0.05) is 32.0 Å². The molecule has 0 aliphatic heterocycles. The predicted octanol–water partition coefficient (Wildman–Crippen LogP) is 4.20. The van der Waals surface area contributed by atoms with Crippen LogP contribution in [0.25, 0.3) is 0 Å². The van der Waals surface area contributed by atoms with Crippen molar-refractivity contribution in [2.75, 3.05) is 6.54 Å². The maximum Gasteiger partial charge on any atom is 0.416 e. The largest absolute Gasteiger partial charge is 0.416 e. The highest BCUT2D eigenvalue weighted by Gasteiger charge is 2.42. The first-order valence-electron chi connectivity index (χ1n) is 6.84. The van der Waals surface area contributed by atoms with Gasteiger partial charge in [-0.25, -0.2) is 0 Å². The molecular formula is C15H20F3N. The first-order valence-corrected chi connectivity index (χ1v) is 6.84. The van der Waals surface area contributed by atoms with Gasteiger partial charge in [0.1, 0.15) is 0 Å². The molecule has 4 heteroatoms. The van der Waals surface area contributed by atoms with Crippen LogP contribution in [0, 0.1) is 5.92 Å². The first kappa shape index (κ1) is 14.4. The van der Waals surface area contributed by atoms with Crippen LogP contribution in [0.1, 0.15) is 43.7 Å². The molecule has 0 saturated heterocycles. The lowest BCUT2D eigenvalue weighted by molar-refractivity contribution is -0.138. The van der Waals surface area contributed by atoms with E-state index in [1.165, 1.54) is 12.1 Å². The molecule has 1 aliphatic rings. The zero-order chi connectivity index (χ0) is 14.0. The Kier molecular flexibility index (Phi) is 4.19. The van der Waals surface area contributed by atoms with Gasteiger partial charge in [-0.15, -0.1) is 0 Å². The molecule has 1 nitrogen and oxygen atoms in total. The van der Waals surface area contributed by atoms with E-state index in [4.69, 9.17) is 0 Å². The molecule has 0 amide bonds. The maximum absolute atomic E-state index is 13.0. The third kappa shape index (κ3) is 2.94. The fourth-order valence-electron chi connectivity index (χ4n) is 2.88. The van der Waals surface area contributed by atoms with Crippen LogP contribution in [-0.4, -0.2) is 12.6 Å². The van der Waals surface area contributed by atoms with Crippen molar-refractivity contribution in [1.82, 2.24) is 5.32 Å². The Hall–Kier alpha value is -1.03. The van der Waals surface area contributed by atoms with Crippen LogP contribution in [0.5, 0.6) is 0 Å². The van der Waals surface area contributed by atoms with Crippen molar-refractivity contribution in [1.29, 1.82) is 0 Å². The van der Waals surface area contributed by atoms with Gasteiger partial charge in [0, 0.05) is 6.04 Å². The SMILES string of the molecule is CCCNC1CC(c2ccccc2C(F)(F)F)C1C. The highest BCUT2D eigenvalue weighted by Crippen LogP contribution is 2.46.